The first kappa shape index (κ1) is 28.9. The second kappa shape index (κ2) is 16.6. The summed E-state index contributed by atoms with van der Waals surface area (Å²) >= 11 is 0. The molecule has 0 aliphatic rings. The number of carbonyl (C=O) groups is 4. The Balaban J connectivity index is 4.04. The monoisotopic (exact) mass is 442 g/mol. The lowest BCUT2D eigenvalue weighted by atomic mass is 10.0. The van der Waals surface area contributed by atoms with Crippen molar-refractivity contribution in [2.45, 2.75) is 98.6 Å². The molecule has 0 rings (SSSR count). The molecule has 2 amide bonds. The molecule has 0 aliphatic carbocycles. The predicted molar refractivity (Wildman–Crippen MR) is 119 cm³/mol. The summed E-state index contributed by atoms with van der Waals surface area (Å²) in [7, 11) is 0. The van der Waals surface area contributed by atoms with E-state index in [4.69, 9.17) is 9.47 Å². The van der Waals surface area contributed by atoms with Crippen LogP contribution < -0.4 is 10.6 Å². The molecule has 8 nitrogen and oxygen atoms in total. The van der Waals surface area contributed by atoms with Gasteiger partial charge in [-0.2, -0.15) is 0 Å². The molecule has 0 unspecified atom stereocenters. The molecule has 0 saturated heterocycles. The minimum absolute atomic E-state index is 0.0340. The van der Waals surface area contributed by atoms with Crippen LogP contribution in [0.15, 0.2) is 0 Å². The molecule has 0 aromatic carbocycles. The van der Waals surface area contributed by atoms with Gasteiger partial charge >= 0.3 is 11.9 Å². The normalized spacial score (nSPS) is 12.9. The van der Waals surface area contributed by atoms with Crippen molar-refractivity contribution in [3.63, 3.8) is 0 Å². The summed E-state index contributed by atoms with van der Waals surface area (Å²) in [6, 6.07) is -1.23. The Morgan fingerprint density at radius 2 is 0.935 bits per heavy atom. The van der Waals surface area contributed by atoms with E-state index in [-0.39, 0.29) is 36.9 Å². The molecular formula is C23H42N2O6. The number of carbonyl (C=O) groups excluding carboxylic acids is 4. The third-order valence-corrected chi connectivity index (χ3v) is 4.86. The number of ether oxygens (including phenoxy) is 2. The zero-order valence-corrected chi connectivity index (χ0v) is 20.1. The Bertz CT molecular complexity index is 514. The van der Waals surface area contributed by atoms with Gasteiger partial charge in [0.15, 0.2) is 0 Å². The van der Waals surface area contributed by atoms with Gasteiger partial charge in [-0.3, -0.25) is 9.59 Å². The number of rotatable bonds is 16. The van der Waals surface area contributed by atoms with Crippen LogP contribution in [0.2, 0.25) is 0 Å². The maximum atomic E-state index is 12.1. The van der Waals surface area contributed by atoms with Crippen molar-refractivity contribution in [3.05, 3.63) is 0 Å². The summed E-state index contributed by atoms with van der Waals surface area (Å²) < 4.78 is 10.0. The minimum Gasteiger partial charge on any atom is -0.464 e. The van der Waals surface area contributed by atoms with E-state index < -0.39 is 24.0 Å². The van der Waals surface area contributed by atoms with Gasteiger partial charge in [0.2, 0.25) is 11.8 Å². The quantitative estimate of drug-likeness (QED) is 0.281. The summed E-state index contributed by atoms with van der Waals surface area (Å²) in [5, 5.41) is 5.52. The summed E-state index contributed by atoms with van der Waals surface area (Å²) in [5.41, 5.74) is 0. The van der Waals surface area contributed by atoms with E-state index in [0.29, 0.717) is 12.8 Å². The molecule has 0 aromatic rings. The molecule has 0 fully saturated rings. The highest BCUT2D eigenvalue weighted by Crippen LogP contribution is 2.10. The fraction of sp³-hybridized carbons (Fsp3) is 0.826. The van der Waals surface area contributed by atoms with Crippen LogP contribution in [0.1, 0.15) is 86.5 Å². The molecule has 0 heterocycles. The number of nitrogens with one attached hydrogen (secondary N) is 2. The van der Waals surface area contributed by atoms with E-state index in [1.807, 2.05) is 27.7 Å². The maximum absolute atomic E-state index is 12.1. The van der Waals surface area contributed by atoms with E-state index in [1.54, 1.807) is 13.8 Å². The lowest BCUT2D eigenvalue weighted by Gasteiger charge is -2.20. The molecule has 0 saturated carbocycles. The van der Waals surface area contributed by atoms with Gasteiger partial charge < -0.3 is 20.1 Å². The first-order chi connectivity index (χ1) is 14.6. The van der Waals surface area contributed by atoms with Gasteiger partial charge in [0.25, 0.3) is 0 Å². The average Bonchev–Trinajstić information content (AvgIpc) is 2.69. The third kappa shape index (κ3) is 13.0. The molecule has 180 valence electrons. The van der Waals surface area contributed by atoms with Crippen LogP contribution in [0.5, 0.6) is 0 Å². The van der Waals surface area contributed by atoms with E-state index in [0.717, 1.165) is 32.1 Å². The van der Waals surface area contributed by atoms with Crippen LogP contribution in [-0.2, 0) is 28.7 Å². The second-order valence-corrected chi connectivity index (χ2v) is 8.35. The molecule has 31 heavy (non-hydrogen) atoms. The Hall–Kier alpha value is -2.12. The fourth-order valence-corrected chi connectivity index (χ4v) is 3.05. The van der Waals surface area contributed by atoms with E-state index in [1.165, 1.54) is 0 Å². The summed E-state index contributed by atoms with van der Waals surface area (Å²) in [6.45, 7) is 11.5. The van der Waals surface area contributed by atoms with Gasteiger partial charge in [-0.25, -0.2) is 9.59 Å². The number of hydrogen-bond acceptors (Lipinski definition) is 6. The Labute approximate surface area is 187 Å². The minimum atomic E-state index is -0.616. The highest BCUT2D eigenvalue weighted by Gasteiger charge is 2.26. The molecule has 0 aliphatic heterocycles. The van der Waals surface area contributed by atoms with Gasteiger partial charge in [-0.15, -0.1) is 0 Å². The molecule has 8 heteroatoms. The summed E-state index contributed by atoms with van der Waals surface area (Å²) in [4.78, 5) is 48.0. The van der Waals surface area contributed by atoms with Gasteiger partial charge in [-0.1, -0.05) is 47.0 Å². The standard InChI is InChI=1S/C23H42N2O6/c1-7-30-22(28)20(16(3)4)24-18(26)14-12-10-9-11-13-15-19(27)25-21(17(5)6)23(29)31-8-2/h16-17,20-21H,7-15H2,1-6H3,(H,24,26)(H,25,27)/t20-,21-/m0/s1. The SMILES string of the molecule is CCOC(=O)[C@@H](NC(=O)CCCCCCCC(=O)N[C@H](C(=O)OCC)C(C)C)C(C)C. The van der Waals surface area contributed by atoms with Crippen LogP contribution in [0.3, 0.4) is 0 Å². The lowest BCUT2D eigenvalue weighted by molar-refractivity contribution is -0.149. The largest absolute Gasteiger partial charge is 0.464 e. The topological polar surface area (TPSA) is 111 Å². The number of amides is 2. The van der Waals surface area contributed by atoms with Gasteiger partial charge in [0, 0.05) is 12.8 Å². The highest BCUT2D eigenvalue weighted by molar-refractivity contribution is 5.85. The van der Waals surface area contributed by atoms with Crippen LogP contribution in [0.4, 0.5) is 0 Å². The zero-order valence-electron chi connectivity index (χ0n) is 20.1. The number of esters is 2. The Morgan fingerprint density at radius 1 is 0.613 bits per heavy atom. The second-order valence-electron chi connectivity index (χ2n) is 8.35. The summed E-state index contributed by atoms with van der Waals surface area (Å²) in [6.07, 6.45) is 4.83. The zero-order chi connectivity index (χ0) is 23.8. The van der Waals surface area contributed by atoms with Crippen molar-refractivity contribution in [2.24, 2.45) is 11.8 Å². The number of unbranched alkanes of at least 4 members (excludes halogenated alkanes) is 4. The van der Waals surface area contributed by atoms with Crippen LogP contribution >= 0.6 is 0 Å². The lowest BCUT2D eigenvalue weighted by Crippen LogP contribution is -2.45. The van der Waals surface area contributed by atoms with Crippen molar-refractivity contribution >= 4 is 23.8 Å². The van der Waals surface area contributed by atoms with E-state index in [2.05, 4.69) is 10.6 Å². The van der Waals surface area contributed by atoms with Crippen molar-refractivity contribution in [1.82, 2.24) is 10.6 Å². The van der Waals surface area contributed by atoms with E-state index in [9.17, 15) is 19.2 Å². The van der Waals surface area contributed by atoms with Crippen molar-refractivity contribution in [1.29, 1.82) is 0 Å². The molecule has 0 radical (unpaired) electrons. The highest BCUT2D eigenvalue weighted by atomic mass is 16.5. The Morgan fingerprint density at radius 3 is 1.23 bits per heavy atom. The van der Waals surface area contributed by atoms with Gasteiger partial charge in [0.1, 0.15) is 12.1 Å². The average molecular weight is 443 g/mol. The third-order valence-electron chi connectivity index (χ3n) is 4.86. The van der Waals surface area contributed by atoms with Crippen LogP contribution in [0.25, 0.3) is 0 Å². The molecule has 0 spiro atoms. The number of hydrogen-bond donors (Lipinski definition) is 2. The van der Waals surface area contributed by atoms with E-state index >= 15 is 0 Å². The molecule has 2 atom stereocenters. The first-order valence-electron chi connectivity index (χ1n) is 11.6. The summed E-state index contributed by atoms with van der Waals surface area (Å²) in [5.74, 6) is -1.16. The van der Waals surface area contributed by atoms with Crippen molar-refractivity contribution in [3.8, 4) is 0 Å². The molecule has 2 N–H and O–H groups in total. The maximum Gasteiger partial charge on any atom is 0.328 e. The molecular weight excluding hydrogens is 400 g/mol. The molecule has 0 bridgehead atoms. The first-order valence-corrected chi connectivity index (χ1v) is 11.6. The van der Waals surface area contributed by atoms with Crippen molar-refractivity contribution < 1.29 is 28.7 Å². The smallest absolute Gasteiger partial charge is 0.328 e. The van der Waals surface area contributed by atoms with Crippen molar-refractivity contribution in [2.75, 3.05) is 13.2 Å². The Kier molecular flexibility index (Phi) is 15.4. The van der Waals surface area contributed by atoms with Gasteiger partial charge in [0.05, 0.1) is 13.2 Å². The predicted octanol–water partition coefficient (Wildman–Crippen LogP) is 3.12. The van der Waals surface area contributed by atoms with Crippen LogP contribution in [-0.4, -0.2) is 49.1 Å². The fourth-order valence-electron chi connectivity index (χ4n) is 3.05. The molecule has 0 aromatic heterocycles. The van der Waals surface area contributed by atoms with Crippen LogP contribution in [0, 0.1) is 11.8 Å². The van der Waals surface area contributed by atoms with Gasteiger partial charge in [-0.05, 0) is 38.5 Å².